The minimum absolute atomic E-state index is 0.0203. The number of ketones is 1. The fourth-order valence-corrected chi connectivity index (χ4v) is 2.15. The van der Waals surface area contributed by atoms with Crippen LogP contribution in [0.1, 0.15) is 43.3 Å². The van der Waals surface area contributed by atoms with E-state index in [1.807, 2.05) is 0 Å². The Morgan fingerprint density at radius 1 is 1.29 bits per heavy atom. The Bertz CT molecular complexity index is 460. The molecule has 0 radical (unpaired) electrons. The summed E-state index contributed by atoms with van der Waals surface area (Å²) in [6, 6.07) is -0.175. The van der Waals surface area contributed by atoms with Crippen LogP contribution in [0.3, 0.4) is 0 Å². The van der Waals surface area contributed by atoms with Crippen LogP contribution in [0.2, 0.25) is 0 Å². The van der Waals surface area contributed by atoms with Crippen molar-refractivity contribution in [1.29, 1.82) is 0 Å². The minimum atomic E-state index is -4.44. The van der Waals surface area contributed by atoms with Crippen LogP contribution in [0.4, 0.5) is 13.2 Å². The first-order valence-electron chi connectivity index (χ1n) is 5.50. The SMILES string of the molecule is CC(C)n1nc(C(F)(F)F)c2c1CC(=O)CC2. The Morgan fingerprint density at radius 2 is 1.94 bits per heavy atom. The minimum Gasteiger partial charge on any atom is -0.299 e. The summed E-state index contributed by atoms with van der Waals surface area (Å²) in [6.07, 6.45) is -4.04. The maximum absolute atomic E-state index is 12.8. The maximum atomic E-state index is 12.8. The number of hydrogen-bond acceptors (Lipinski definition) is 2. The van der Waals surface area contributed by atoms with Gasteiger partial charge in [-0.2, -0.15) is 18.3 Å². The molecule has 94 valence electrons. The molecule has 17 heavy (non-hydrogen) atoms. The molecule has 3 nitrogen and oxygen atoms in total. The highest BCUT2D eigenvalue weighted by molar-refractivity contribution is 5.82. The Kier molecular flexibility index (Phi) is 2.75. The van der Waals surface area contributed by atoms with Crippen molar-refractivity contribution in [1.82, 2.24) is 9.78 Å². The van der Waals surface area contributed by atoms with Gasteiger partial charge in [-0.05, 0) is 20.3 Å². The van der Waals surface area contributed by atoms with Crippen molar-refractivity contribution >= 4 is 5.78 Å². The molecule has 1 aliphatic rings. The van der Waals surface area contributed by atoms with Gasteiger partial charge in [0.1, 0.15) is 5.78 Å². The van der Waals surface area contributed by atoms with Gasteiger partial charge in [0.05, 0.1) is 0 Å². The Hall–Kier alpha value is -1.33. The smallest absolute Gasteiger partial charge is 0.299 e. The van der Waals surface area contributed by atoms with Crippen LogP contribution in [0, 0.1) is 0 Å². The summed E-state index contributed by atoms with van der Waals surface area (Å²) < 4.78 is 39.7. The maximum Gasteiger partial charge on any atom is 0.435 e. The third-order valence-electron chi connectivity index (χ3n) is 2.89. The quantitative estimate of drug-likeness (QED) is 0.763. The molecular formula is C11H13F3N2O. The van der Waals surface area contributed by atoms with E-state index in [2.05, 4.69) is 5.10 Å². The lowest BCUT2D eigenvalue weighted by Gasteiger charge is -2.15. The van der Waals surface area contributed by atoms with E-state index in [0.29, 0.717) is 5.69 Å². The zero-order valence-corrected chi connectivity index (χ0v) is 9.64. The molecule has 0 saturated carbocycles. The molecule has 0 amide bonds. The van der Waals surface area contributed by atoms with Gasteiger partial charge >= 0.3 is 6.18 Å². The Labute approximate surface area is 96.6 Å². The van der Waals surface area contributed by atoms with Gasteiger partial charge in [-0.15, -0.1) is 0 Å². The fourth-order valence-electron chi connectivity index (χ4n) is 2.15. The van der Waals surface area contributed by atoms with Crippen molar-refractivity contribution in [2.45, 2.75) is 45.3 Å². The number of Topliss-reactive ketones (excluding diaryl/α,β-unsaturated/α-hetero) is 1. The number of fused-ring (bicyclic) bond motifs is 1. The van der Waals surface area contributed by atoms with E-state index in [-0.39, 0.29) is 36.7 Å². The first-order valence-corrected chi connectivity index (χ1v) is 5.50. The summed E-state index contributed by atoms with van der Waals surface area (Å²) in [4.78, 5) is 11.3. The molecule has 0 spiro atoms. The van der Waals surface area contributed by atoms with Crippen molar-refractivity contribution in [3.05, 3.63) is 17.0 Å². The molecule has 0 unspecified atom stereocenters. The van der Waals surface area contributed by atoms with E-state index in [0.717, 1.165) is 0 Å². The van der Waals surface area contributed by atoms with E-state index in [1.165, 1.54) is 4.68 Å². The number of aromatic nitrogens is 2. The van der Waals surface area contributed by atoms with Crippen LogP contribution >= 0.6 is 0 Å². The molecule has 0 fully saturated rings. The normalized spacial score (nSPS) is 16.5. The second kappa shape index (κ2) is 3.85. The van der Waals surface area contributed by atoms with Crippen LogP contribution in [-0.4, -0.2) is 15.6 Å². The molecular weight excluding hydrogens is 233 g/mol. The van der Waals surface area contributed by atoms with Gasteiger partial charge < -0.3 is 0 Å². The van der Waals surface area contributed by atoms with Crippen molar-refractivity contribution < 1.29 is 18.0 Å². The first-order chi connectivity index (χ1) is 7.80. The predicted octanol–water partition coefficient (Wildman–Crippen LogP) is 2.54. The number of rotatable bonds is 1. The van der Waals surface area contributed by atoms with Crippen molar-refractivity contribution in [3.63, 3.8) is 0 Å². The van der Waals surface area contributed by atoms with Crippen molar-refractivity contribution in [2.24, 2.45) is 0 Å². The van der Waals surface area contributed by atoms with Gasteiger partial charge in [0, 0.05) is 30.1 Å². The van der Waals surface area contributed by atoms with E-state index in [4.69, 9.17) is 0 Å². The molecule has 0 bridgehead atoms. The highest BCUT2D eigenvalue weighted by atomic mass is 19.4. The van der Waals surface area contributed by atoms with Crippen molar-refractivity contribution in [2.75, 3.05) is 0 Å². The summed E-state index contributed by atoms with van der Waals surface area (Å²) in [5.41, 5.74) is -0.192. The standard InChI is InChI=1S/C11H13F3N2O/c1-6(2)16-9-5-7(17)3-4-8(9)10(15-16)11(12,13)14/h6H,3-5H2,1-2H3. The summed E-state index contributed by atoms with van der Waals surface area (Å²) in [7, 11) is 0. The van der Waals surface area contributed by atoms with Crippen LogP contribution in [-0.2, 0) is 23.8 Å². The van der Waals surface area contributed by atoms with E-state index in [9.17, 15) is 18.0 Å². The molecule has 1 aromatic rings. The molecule has 1 heterocycles. The summed E-state index contributed by atoms with van der Waals surface area (Å²) in [6.45, 7) is 3.51. The van der Waals surface area contributed by atoms with E-state index < -0.39 is 11.9 Å². The number of nitrogens with zero attached hydrogens (tertiary/aromatic N) is 2. The molecule has 1 aromatic heterocycles. The van der Waals surface area contributed by atoms with Gasteiger partial charge in [0.15, 0.2) is 5.69 Å². The molecule has 0 aromatic carbocycles. The van der Waals surface area contributed by atoms with E-state index >= 15 is 0 Å². The van der Waals surface area contributed by atoms with Crippen molar-refractivity contribution in [3.8, 4) is 0 Å². The lowest BCUT2D eigenvalue weighted by atomic mass is 9.94. The number of carbonyl (C=O) groups excluding carboxylic acids is 1. The van der Waals surface area contributed by atoms with Crippen LogP contribution in [0.5, 0.6) is 0 Å². The van der Waals surface area contributed by atoms with Gasteiger partial charge in [-0.1, -0.05) is 0 Å². The molecule has 1 aliphatic carbocycles. The zero-order chi connectivity index (χ0) is 12.8. The molecule has 0 atom stereocenters. The fraction of sp³-hybridized carbons (Fsp3) is 0.636. The average Bonchev–Trinajstić information content (AvgIpc) is 2.55. The van der Waals surface area contributed by atoms with E-state index in [1.54, 1.807) is 13.8 Å². The van der Waals surface area contributed by atoms with Gasteiger partial charge in [0.25, 0.3) is 0 Å². The molecule has 2 rings (SSSR count). The molecule has 0 N–H and O–H groups in total. The molecule has 6 heteroatoms. The van der Waals surface area contributed by atoms with Crippen LogP contribution in [0.15, 0.2) is 0 Å². The topological polar surface area (TPSA) is 34.9 Å². The van der Waals surface area contributed by atoms with Crippen LogP contribution < -0.4 is 0 Å². The highest BCUT2D eigenvalue weighted by Crippen LogP contribution is 2.36. The lowest BCUT2D eigenvalue weighted by Crippen LogP contribution is -2.18. The molecule has 0 saturated heterocycles. The third-order valence-corrected chi connectivity index (χ3v) is 2.89. The Morgan fingerprint density at radius 3 is 2.47 bits per heavy atom. The van der Waals surface area contributed by atoms with Gasteiger partial charge in [0.2, 0.25) is 0 Å². The number of carbonyl (C=O) groups is 1. The summed E-state index contributed by atoms with van der Waals surface area (Å²) >= 11 is 0. The number of halogens is 3. The highest BCUT2D eigenvalue weighted by Gasteiger charge is 2.40. The zero-order valence-electron chi connectivity index (χ0n) is 9.64. The van der Waals surface area contributed by atoms with Crippen LogP contribution in [0.25, 0.3) is 0 Å². The summed E-state index contributed by atoms with van der Waals surface area (Å²) in [5, 5.41) is 3.64. The number of hydrogen-bond donors (Lipinski definition) is 0. The third kappa shape index (κ3) is 2.08. The largest absolute Gasteiger partial charge is 0.435 e. The average molecular weight is 246 g/mol. The summed E-state index contributed by atoms with van der Waals surface area (Å²) in [5.74, 6) is -0.0203. The van der Waals surface area contributed by atoms with Gasteiger partial charge in [-0.25, -0.2) is 0 Å². The Balaban J connectivity index is 2.58. The van der Waals surface area contributed by atoms with Gasteiger partial charge in [-0.3, -0.25) is 9.48 Å². The first kappa shape index (κ1) is 12.1. The molecule has 0 aliphatic heterocycles. The monoisotopic (exact) mass is 246 g/mol. The lowest BCUT2D eigenvalue weighted by molar-refractivity contribution is -0.142. The predicted molar refractivity (Wildman–Crippen MR) is 54.6 cm³/mol. The second-order valence-electron chi connectivity index (χ2n) is 4.53. The second-order valence-corrected chi connectivity index (χ2v) is 4.53. The number of alkyl halides is 3.